The molecular formula is C20H18N2O2. The molecule has 3 aromatic rings. The Bertz CT molecular complexity index is 837. The van der Waals surface area contributed by atoms with E-state index in [4.69, 9.17) is 5.11 Å². The summed E-state index contributed by atoms with van der Waals surface area (Å²) in [6.07, 6.45) is 7.17. The summed E-state index contributed by atoms with van der Waals surface area (Å²) in [5.41, 5.74) is 4.29. The second-order valence-electron chi connectivity index (χ2n) is 5.53. The first kappa shape index (κ1) is 15.7. The van der Waals surface area contributed by atoms with Gasteiger partial charge in [-0.25, -0.2) is 4.79 Å². The third-order valence-electron chi connectivity index (χ3n) is 3.79. The van der Waals surface area contributed by atoms with Crippen LogP contribution in [0.25, 0.3) is 6.08 Å². The van der Waals surface area contributed by atoms with E-state index in [1.807, 2.05) is 48.7 Å². The van der Waals surface area contributed by atoms with Gasteiger partial charge in [0.15, 0.2) is 0 Å². The number of rotatable bonds is 6. The van der Waals surface area contributed by atoms with Gasteiger partial charge in [-0.05, 0) is 35.4 Å². The number of carboxylic acids is 1. The summed E-state index contributed by atoms with van der Waals surface area (Å²) in [7, 11) is 0. The summed E-state index contributed by atoms with van der Waals surface area (Å²) in [5, 5.41) is 8.89. The molecule has 2 aromatic heterocycles. The van der Waals surface area contributed by atoms with Crippen molar-refractivity contribution in [3.8, 4) is 0 Å². The molecule has 0 spiro atoms. The minimum absolute atomic E-state index is 0.697. The fraction of sp³-hybridized carbons (Fsp3) is 0.100. The zero-order valence-corrected chi connectivity index (χ0v) is 13.2. The van der Waals surface area contributed by atoms with Crippen molar-refractivity contribution < 1.29 is 9.90 Å². The van der Waals surface area contributed by atoms with Crippen molar-refractivity contribution in [2.75, 3.05) is 0 Å². The van der Waals surface area contributed by atoms with Crippen molar-refractivity contribution in [2.45, 2.75) is 13.0 Å². The average molecular weight is 318 g/mol. The van der Waals surface area contributed by atoms with Crippen molar-refractivity contribution in [2.24, 2.45) is 0 Å². The van der Waals surface area contributed by atoms with E-state index in [0.29, 0.717) is 6.54 Å². The van der Waals surface area contributed by atoms with Gasteiger partial charge in [-0.15, -0.1) is 0 Å². The first-order chi connectivity index (χ1) is 11.7. The maximum atomic E-state index is 10.8. The van der Waals surface area contributed by atoms with Crippen molar-refractivity contribution in [3.05, 3.63) is 95.6 Å². The SMILES string of the molecule is O=C(O)/C=C/c1ccc(Cc2cccnc2)n1Cc1ccccc1. The Labute approximate surface area is 140 Å². The minimum atomic E-state index is -0.948. The summed E-state index contributed by atoms with van der Waals surface area (Å²) in [5.74, 6) is -0.948. The van der Waals surface area contributed by atoms with Gasteiger partial charge >= 0.3 is 5.97 Å². The number of nitrogens with zero attached hydrogens (tertiary/aromatic N) is 2. The van der Waals surface area contributed by atoms with E-state index in [9.17, 15) is 4.79 Å². The molecule has 4 nitrogen and oxygen atoms in total. The van der Waals surface area contributed by atoms with Gasteiger partial charge < -0.3 is 9.67 Å². The predicted molar refractivity (Wildman–Crippen MR) is 93.7 cm³/mol. The lowest BCUT2D eigenvalue weighted by molar-refractivity contribution is -0.131. The van der Waals surface area contributed by atoms with E-state index in [1.54, 1.807) is 12.3 Å². The minimum Gasteiger partial charge on any atom is -0.478 e. The second kappa shape index (κ2) is 7.42. The van der Waals surface area contributed by atoms with E-state index < -0.39 is 5.97 Å². The summed E-state index contributed by atoms with van der Waals surface area (Å²) in [6.45, 7) is 0.697. The summed E-state index contributed by atoms with van der Waals surface area (Å²) in [6, 6.07) is 18.1. The van der Waals surface area contributed by atoms with Crippen LogP contribution in [-0.4, -0.2) is 20.6 Å². The zero-order chi connectivity index (χ0) is 16.8. The molecule has 120 valence electrons. The quantitative estimate of drug-likeness (QED) is 0.706. The lowest BCUT2D eigenvalue weighted by Gasteiger charge is -2.12. The fourth-order valence-corrected chi connectivity index (χ4v) is 2.65. The fourth-order valence-electron chi connectivity index (χ4n) is 2.65. The molecule has 1 N–H and O–H groups in total. The van der Waals surface area contributed by atoms with E-state index in [-0.39, 0.29) is 0 Å². The number of hydrogen-bond donors (Lipinski definition) is 1. The van der Waals surface area contributed by atoms with Gasteiger partial charge in [0.1, 0.15) is 0 Å². The first-order valence-electron chi connectivity index (χ1n) is 7.74. The molecule has 3 rings (SSSR count). The Morgan fingerprint density at radius 1 is 1.04 bits per heavy atom. The molecule has 0 aliphatic rings. The summed E-state index contributed by atoms with van der Waals surface area (Å²) in [4.78, 5) is 15.0. The van der Waals surface area contributed by atoms with Crippen LogP contribution in [0.4, 0.5) is 0 Å². The first-order valence-corrected chi connectivity index (χ1v) is 7.74. The van der Waals surface area contributed by atoms with Crippen LogP contribution in [0.1, 0.15) is 22.5 Å². The Morgan fingerprint density at radius 2 is 1.83 bits per heavy atom. The Morgan fingerprint density at radius 3 is 2.54 bits per heavy atom. The second-order valence-corrected chi connectivity index (χ2v) is 5.53. The van der Waals surface area contributed by atoms with Crippen molar-refractivity contribution in [1.29, 1.82) is 0 Å². The van der Waals surface area contributed by atoms with E-state index >= 15 is 0 Å². The molecule has 0 bridgehead atoms. The van der Waals surface area contributed by atoms with E-state index in [0.717, 1.165) is 23.4 Å². The van der Waals surface area contributed by atoms with Crippen LogP contribution < -0.4 is 0 Å². The third-order valence-corrected chi connectivity index (χ3v) is 3.79. The maximum absolute atomic E-state index is 10.8. The maximum Gasteiger partial charge on any atom is 0.328 e. The Kier molecular flexibility index (Phi) is 4.87. The lowest BCUT2D eigenvalue weighted by Crippen LogP contribution is -2.07. The molecular weight excluding hydrogens is 300 g/mol. The Balaban J connectivity index is 1.94. The van der Waals surface area contributed by atoms with Crippen LogP contribution in [0.3, 0.4) is 0 Å². The molecule has 0 fully saturated rings. The van der Waals surface area contributed by atoms with Gasteiger partial charge in [-0.2, -0.15) is 0 Å². The van der Waals surface area contributed by atoms with Crippen molar-refractivity contribution >= 4 is 12.0 Å². The predicted octanol–water partition coefficient (Wildman–Crippen LogP) is 3.62. The molecule has 0 radical (unpaired) electrons. The number of carboxylic acid groups (broad SMARTS) is 1. The van der Waals surface area contributed by atoms with Gasteiger partial charge in [0.05, 0.1) is 0 Å². The van der Waals surface area contributed by atoms with Gasteiger partial charge in [-0.1, -0.05) is 36.4 Å². The summed E-state index contributed by atoms with van der Waals surface area (Å²) < 4.78 is 2.14. The third kappa shape index (κ3) is 3.98. The Hall–Kier alpha value is -3.14. The number of benzene rings is 1. The van der Waals surface area contributed by atoms with Crippen LogP contribution in [-0.2, 0) is 17.8 Å². The highest BCUT2D eigenvalue weighted by Crippen LogP contribution is 2.17. The lowest BCUT2D eigenvalue weighted by atomic mass is 10.1. The van der Waals surface area contributed by atoms with Crippen LogP contribution in [0.15, 0.2) is 73.1 Å². The molecule has 2 heterocycles. The molecule has 0 aliphatic carbocycles. The largest absolute Gasteiger partial charge is 0.478 e. The van der Waals surface area contributed by atoms with Crippen LogP contribution >= 0.6 is 0 Å². The molecule has 0 saturated carbocycles. The van der Waals surface area contributed by atoms with E-state index in [2.05, 4.69) is 21.7 Å². The normalized spacial score (nSPS) is 11.0. The monoisotopic (exact) mass is 318 g/mol. The summed E-state index contributed by atoms with van der Waals surface area (Å²) >= 11 is 0. The van der Waals surface area contributed by atoms with Crippen molar-refractivity contribution in [1.82, 2.24) is 9.55 Å². The number of hydrogen-bond acceptors (Lipinski definition) is 2. The smallest absolute Gasteiger partial charge is 0.328 e. The highest BCUT2D eigenvalue weighted by molar-refractivity contribution is 5.85. The zero-order valence-electron chi connectivity index (χ0n) is 13.2. The molecule has 0 atom stereocenters. The molecule has 0 unspecified atom stereocenters. The number of pyridine rings is 1. The van der Waals surface area contributed by atoms with Crippen LogP contribution in [0.5, 0.6) is 0 Å². The van der Waals surface area contributed by atoms with Gasteiger partial charge in [0.25, 0.3) is 0 Å². The highest BCUT2D eigenvalue weighted by atomic mass is 16.4. The van der Waals surface area contributed by atoms with Crippen LogP contribution in [0.2, 0.25) is 0 Å². The molecule has 0 aliphatic heterocycles. The van der Waals surface area contributed by atoms with Gasteiger partial charge in [0.2, 0.25) is 0 Å². The number of aromatic nitrogens is 2. The average Bonchev–Trinajstić information content (AvgIpc) is 2.96. The molecule has 4 heteroatoms. The number of aliphatic carboxylic acids is 1. The number of carbonyl (C=O) groups is 1. The molecule has 1 aromatic carbocycles. The van der Waals surface area contributed by atoms with Gasteiger partial charge in [0, 0.05) is 42.8 Å². The molecule has 0 amide bonds. The topological polar surface area (TPSA) is 55.1 Å². The van der Waals surface area contributed by atoms with Gasteiger partial charge in [-0.3, -0.25) is 4.98 Å². The molecule has 0 saturated heterocycles. The van der Waals surface area contributed by atoms with Crippen molar-refractivity contribution in [3.63, 3.8) is 0 Å². The molecule has 24 heavy (non-hydrogen) atoms. The van der Waals surface area contributed by atoms with E-state index in [1.165, 1.54) is 11.6 Å². The van der Waals surface area contributed by atoms with Crippen LogP contribution in [0, 0.1) is 0 Å². The highest BCUT2D eigenvalue weighted by Gasteiger charge is 2.08. The standard InChI is InChI=1S/C20H18N2O2/c23-20(24)11-10-18-8-9-19(13-17-7-4-12-21-14-17)22(18)15-16-5-2-1-3-6-16/h1-12,14H,13,15H2,(H,23,24)/b11-10+.